The van der Waals surface area contributed by atoms with Gasteiger partial charge in [-0.15, -0.1) is 0 Å². The first-order chi connectivity index (χ1) is 11.5. The zero-order valence-corrected chi connectivity index (χ0v) is 13.8. The molecule has 0 bridgehead atoms. The highest BCUT2D eigenvalue weighted by Gasteiger charge is 2.33. The molecule has 1 heterocycles. The molecule has 1 aromatic carbocycles. The van der Waals surface area contributed by atoms with Crippen LogP contribution < -0.4 is 4.90 Å². The predicted molar refractivity (Wildman–Crippen MR) is 88.8 cm³/mol. The molecule has 3 rings (SSSR count). The number of benzene rings is 1. The summed E-state index contributed by atoms with van der Waals surface area (Å²) in [7, 11) is 1.69. The summed E-state index contributed by atoms with van der Waals surface area (Å²) in [5.74, 6) is -0.969. The van der Waals surface area contributed by atoms with Crippen molar-refractivity contribution < 1.29 is 19.5 Å². The fraction of sp³-hybridized carbons (Fsp3) is 0.500. The van der Waals surface area contributed by atoms with E-state index in [4.69, 9.17) is 5.11 Å². The summed E-state index contributed by atoms with van der Waals surface area (Å²) in [5, 5.41) is 9.08. The van der Waals surface area contributed by atoms with E-state index in [2.05, 4.69) is 0 Å². The Hall–Kier alpha value is -2.37. The van der Waals surface area contributed by atoms with Gasteiger partial charge in [0.05, 0.1) is 17.2 Å². The van der Waals surface area contributed by atoms with Crippen LogP contribution in [0.25, 0.3) is 0 Å². The zero-order chi connectivity index (χ0) is 17.3. The Labute approximate surface area is 141 Å². The van der Waals surface area contributed by atoms with Gasteiger partial charge in [-0.2, -0.15) is 0 Å². The molecule has 1 saturated carbocycles. The third-order valence-corrected chi connectivity index (χ3v) is 5.16. The number of carbonyl (C=O) groups is 3. The summed E-state index contributed by atoms with van der Waals surface area (Å²) in [6.07, 6.45) is 2.86. The fourth-order valence-electron chi connectivity index (χ4n) is 3.64. The first-order valence-corrected chi connectivity index (χ1v) is 8.35. The van der Waals surface area contributed by atoms with Gasteiger partial charge >= 0.3 is 5.97 Å². The van der Waals surface area contributed by atoms with Crippen LogP contribution in [0, 0.1) is 11.8 Å². The van der Waals surface area contributed by atoms with Gasteiger partial charge in [-0.1, -0.05) is 12.1 Å². The normalized spacial score (nSPS) is 24.5. The number of fused-ring (bicyclic) bond motifs is 1. The summed E-state index contributed by atoms with van der Waals surface area (Å²) < 4.78 is 0. The van der Waals surface area contributed by atoms with Crippen LogP contribution in [0.3, 0.4) is 0 Å². The van der Waals surface area contributed by atoms with Crippen molar-refractivity contribution >= 4 is 23.5 Å². The van der Waals surface area contributed by atoms with Crippen molar-refractivity contribution in [2.45, 2.75) is 25.7 Å². The van der Waals surface area contributed by atoms with Crippen molar-refractivity contribution in [3.05, 3.63) is 29.8 Å². The molecule has 2 aliphatic rings. The second-order valence-corrected chi connectivity index (χ2v) is 6.71. The molecule has 24 heavy (non-hydrogen) atoms. The lowest BCUT2D eigenvalue weighted by Gasteiger charge is -2.30. The Bertz CT molecular complexity index is 665. The van der Waals surface area contributed by atoms with Crippen molar-refractivity contribution in [2.24, 2.45) is 11.8 Å². The molecule has 1 aliphatic heterocycles. The van der Waals surface area contributed by atoms with E-state index in [1.54, 1.807) is 30.1 Å². The average Bonchev–Trinajstić information content (AvgIpc) is 2.67. The number of amides is 2. The van der Waals surface area contributed by atoms with Crippen molar-refractivity contribution in [1.82, 2.24) is 4.90 Å². The number of rotatable bonds is 3. The molecule has 6 nitrogen and oxygen atoms in total. The molecule has 0 saturated heterocycles. The maximum absolute atomic E-state index is 12.8. The highest BCUT2D eigenvalue weighted by molar-refractivity contribution is 6.09. The van der Waals surface area contributed by atoms with Crippen LogP contribution in [0.15, 0.2) is 24.3 Å². The minimum absolute atomic E-state index is 0.0723. The van der Waals surface area contributed by atoms with E-state index in [-0.39, 0.29) is 30.2 Å². The summed E-state index contributed by atoms with van der Waals surface area (Å²) in [6.45, 7) is 0.585. The predicted octanol–water partition coefficient (Wildman–Crippen LogP) is 2.00. The third-order valence-electron chi connectivity index (χ3n) is 5.16. The Kier molecular flexibility index (Phi) is 4.55. The number of hydrogen-bond acceptors (Lipinski definition) is 3. The molecule has 0 aromatic heterocycles. The van der Waals surface area contributed by atoms with Gasteiger partial charge in [0.1, 0.15) is 6.54 Å². The molecule has 1 aromatic rings. The smallest absolute Gasteiger partial charge is 0.306 e. The number of carboxylic acid groups (broad SMARTS) is 1. The SMILES string of the molecule is CN1C(=O)CN(CC2CCC(C(=O)O)CC2)C(=O)c2ccccc21. The Morgan fingerprint density at radius 3 is 2.50 bits per heavy atom. The lowest BCUT2D eigenvalue weighted by molar-refractivity contribution is -0.143. The van der Waals surface area contributed by atoms with Crippen molar-refractivity contribution in [2.75, 3.05) is 25.0 Å². The first-order valence-electron chi connectivity index (χ1n) is 8.35. The topological polar surface area (TPSA) is 77.9 Å². The fourth-order valence-corrected chi connectivity index (χ4v) is 3.64. The molecule has 1 fully saturated rings. The summed E-state index contributed by atoms with van der Waals surface area (Å²) in [4.78, 5) is 39.4. The van der Waals surface area contributed by atoms with Crippen LogP contribution in [-0.2, 0) is 9.59 Å². The molecule has 1 aliphatic carbocycles. The summed E-state index contributed by atoms with van der Waals surface area (Å²) >= 11 is 0. The van der Waals surface area contributed by atoms with E-state index in [9.17, 15) is 14.4 Å². The average molecular weight is 330 g/mol. The van der Waals surface area contributed by atoms with Gasteiger partial charge in [0.15, 0.2) is 0 Å². The minimum atomic E-state index is -0.731. The number of hydrogen-bond donors (Lipinski definition) is 1. The molecule has 0 radical (unpaired) electrons. The van der Waals surface area contributed by atoms with Gasteiger partial charge in [-0.05, 0) is 43.7 Å². The van der Waals surface area contributed by atoms with E-state index in [0.717, 1.165) is 12.8 Å². The number of anilines is 1. The van der Waals surface area contributed by atoms with Gasteiger partial charge in [-0.25, -0.2) is 0 Å². The van der Waals surface area contributed by atoms with E-state index < -0.39 is 5.97 Å². The molecular weight excluding hydrogens is 308 g/mol. The molecule has 1 N–H and O–H groups in total. The molecule has 0 unspecified atom stereocenters. The Morgan fingerprint density at radius 2 is 1.83 bits per heavy atom. The van der Waals surface area contributed by atoms with Gasteiger partial charge < -0.3 is 14.9 Å². The lowest BCUT2D eigenvalue weighted by atomic mass is 9.82. The van der Waals surface area contributed by atoms with E-state index in [0.29, 0.717) is 30.6 Å². The van der Waals surface area contributed by atoms with Gasteiger partial charge in [0.2, 0.25) is 5.91 Å². The Morgan fingerprint density at radius 1 is 1.17 bits per heavy atom. The van der Waals surface area contributed by atoms with E-state index in [1.807, 2.05) is 6.07 Å². The maximum Gasteiger partial charge on any atom is 0.306 e. The van der Waals surface area contributed by atoms with Crippen LogP contribution in [0.5, 0.6) is 0 Å². The lowest BCUT2D eigenvalue weighted by Crippen LogP contribution is -2.41. The minimum Gasteiger partial charge on any atom is -0.481 e. The molecule has 128 valence electrons. The second-order valence-electron chi connectivity index (χ2n) is 6.71. The number of aliphatic carboxylic acids is 1. The molecule has 0 spiro atoms. The highest BCUT2D eigenvalue weighted by Crippen LogP contribution is 2.31. The molecule has 0 atom stereocenters. The number of para-hydroxylation sites is 1. The number of nitrogens with zero attached hydrogens (tertiary/aromatic N) is 2. The maximum atomic E-state index is 12.8. The largest absolute Gasteiger partial charge is 0.481 e. The third kappa shape index (κ3) is 3.13. The van der Waals surface area contributed by atoms with Crippen molar-refractivity contribution in [3.8, 4) is 0 Å². The summed E-state index contributed by atoms with van der Waals surface area (Å²) in [5.41, 5.74) is 1.19. The van der Waals surface area contributed by atoms with Crippen molar-refractivity contribution in [3.63, 3.8) is 0 Å². The number of likely N-dealkylation sites (N-methyl/N-ethyl adjacent to an activating group) is 1. The molecular formula is C18H22N2O4. The number of carboxylic acids is 1. The molecule has 6 heteroatoms. The van der Waals surface area contributed by atoms with Crippen LogP contribution in [0.2, 0.25) is 0 Å². The van der Waals surface area contributed by atoms with Crippen LogP contribution in [-0.4, -0.2) is 47.9 Å². The highest BCUT2D eigenvalue weighted by atomic mass is 16.4. The quantitative estimate of drug-likeness (QED) is 0.919. The van der Waals surface area contributed by atoms with Crippen LogP contribution in [0.1, 0.15) is 36.0 Å². The summed E-state index contributed by atoms with van der Waals surface area (Å²) in [6, 6.07) is 7.16. The van der Waals surface area contributed by atoms with Gasteiger partial charge in [-0.3, -0.25) is 14.4 Å². The van der Waals surface area contributed by atoms with E-state index in [1.165, 1.54) is 4.90 Å². The monoisotopic (exact) mass is 330 g/mol. The zero-order valence-electron chi connectivity index (χ0n) is 13.8. The van der Waals surface area contributed by atoms with Gasteiger partial charge in [0.25, 0.3) is 5.91 Å². The van der Waals surface area contributed by atoms with Crippen molar-refractivity contribution in [1.29, 1.82) is 0 Å². The first kappa shape index (κ1) is 16.5. The van der Waals surface area contributed by atoms with E-state index >= 15 is 0 Å². The number of carbonyl (C=O) groups excluding carboxylic acids is 2. The molecule has 2 amide bonds. The van der Waals surface area contributed by atoms with Crippen LogP contribution in [0.4, 0.5) is 5.69 Å². The Balaban J connectivity index is 1.74. The van der Waals surface area contributed by atoms with Crippen LogP contribution >= 0.6 is 0 Å². The second kappa shape index (κ2) is 6.63. The standard InChI is InChI=1S/C18H22N2O4/c1-19-15-5-3-2-4-14(15)17(22)20(11-16(19)21)10-12-6-8-13(9-7-12)18(23)24/h2-5,12-13H,6-11H2,1H3,(H,23,24). The van der Waals surface area contributed by atoms with Gasteiger partial charge in [0, 0.05) is 13.6 Å².